The molecular weight excluding hydrogens is 282 g/mol. The molecule has 1 aromatic heterocycles. The average molecular weight is 301 g/mol. The Morgan fingerprint density at radius 3 is 3.05 bits per heavy atom. The van der Waals surface area contributed by atoms with E-state index in [0.29, 0.717) is 10.9 Å². The van der Waals surface area contributed by atoms with Crippen molar-refractivity contribution in [3.8, 4) is 0 Å². The summed E-state index contributed by atoms with van der Waals surface area (Å²) >= 11 is 0. The van der Waals surface area contributed by atoms with E-state index < -0.39 is 0 Å². The quantitative estimate of drug-likeness (QED) is 0.860. The van der Waals surface area contributed by atoms with Crippen molar-refractivity contribution in [1.29, 1.82) is 0 Å². The van der Waals surface area contributed by atoms with Crippen molar-refractivity contribution >= 4 is 16.8 Å². The summed E-state index contributed by atoms with van der Waals surface area (Å²) in [6, 6.07) is 7.32. The van der Waals surface area contributed by atoms with Crippen LogP contribution >= 0.6 is 0 Å². The third-order valence-corrected chi connectivity index (χ3v) is 4.14. The first kappa shape index (κ1) is 14.6. The van der Waals surface area contributed by atoms with Gasteiger partial charge in [0, 0.05) is 26.1 Å². The van der Waals surface area contributed by atoms with E-state index in [-0.39, 0.29) is 30.5 Å². The predicted molar refractivity (Wildman–Crippen MR) is 82.5 cm³/mol. The molecular formula is C15H19N5O2. The minimum absolute atomic E-state index is 0.0237. The van der Waals surface area contributed by atoms with Crippen LogP contribution in [0.3, 0.4) is 0 Å². The summed E-state index contributed by atoms with van der Waals surface area (Å²) in [6.07, 6.45) is 1.22. The van der Waals surface area contributed by atoms with Gasteiger partial charge in [-0.15, -0.1) is 5.10 Å². The summed E-state index contributed by atoms with van der Waals surface area (Å²) in [7, 11) is 1.81. The molecule has 1 unspecified atom stereocenters. The Hall–Kier alpha value is -2.28. The fourth-order valence-electron chi connectivity index (χ4n) is 2.72. The van der Waals surface area contributed by atoms with Crippen molar-refractivity contribution in [2.45, 2.75) is 25.4 Å². The second-order valence-electron chi connectivity index (χ2n) is 5.54. The van der Waals surface area contributed by atoms with E-state index >= 15 is 0 Å². The number of rotatable bonds is 4. The number of aryl methyl sites for hydroxylation is 1. The number of fused-ring (bicyclic) bond motifs is 1. The SMILES string of the molecule is CN(C(=O)CCn1nnc2ccccc2c1=O)C1CCNC1. The third kappa shape index (κ3) is 2.85. The first-order chi connectivity index (χ1) is 10.7. The van der Waals surface area contributed by atoms with Gasteiger partial charge in [0.25, 0.3) is 5.56 Å². The molecule has 7 nitrogen and oxygen atoms in total. The molecule has 3 rings (SSSR count). The predicted octanol–water partition coefficient (Wildman–Crippen LogP) is 0.00190. The Labute approximate surface area is 127 Å². The number of carbonyl (C=O) groups excluding carboxylic acids is 1. The normalized spacial score (nSPS) is 17.8. The monoisotopic (exact) mass is 301 g/mol. The molecule has 0 spiro atoms. The maximum Gasteiger partial charge on any atom is 0.277 e. The molecule has 2 heterocycles. The Morgan fingerprint density at radius 2 is 2.27 bits per heavy atom. The third-order valence-electron chi connectivity index (χ3n) is 4.14. The number of benzene rings is 1. The second kappa shape index (κ2) is 6.23. The average Bonchev–Trinajstić information content (AvgIpc) is 3.08. The molecule has 0 saturated carbocycles. The molecule has 1 aliphatic rings. The zero-order valence-corrected chi connectivity index (χ0v) is 12.5. The number of nitrogens with zero attached hydrogens (tertiary/aromatic N) is 4. The van der Waals surface area contributed by atoms with E-state index in [1.807, 2.05) is 13.1 Å². The standard InChI is InChI=1S/C15H19N5O2/c1-19(11-6-8-16-10-11)14(21)7-9-20-15(22)12-4-2-3-5-13(12)17-18-20/h2-5,11,16H,6-10H2,1H3. The largest absolute Gasteiger partial charge is 0.341 e. The molecule has 2 aromatic rings. The fraction of sp³-hybridized carbons (Fsp3) is 0.467. The van der Waals surface area contributed by atoms with Crippen molar-refractivity contribution in [3.63, 3.8) is 0 Å². The second-order valence-corrected chi connectivity index (χ2v) is 5.54. The first-order valence-corrected chi connectivity index (χ1v) is 7.46. The molecule has 1 N–H and O–H groups in total. The van der Waals surface area contributed by atoms with Gasteiger partial charge >= 0.3 is 0 Å². The Bertz CT molecular complexity index is 736. The van der Waals surface area contributed by atoms with E-state index in [1.54, 1.807) is 23.1 Å². The molecule has 1 aromatic carbocycles. The summed E-state index contributed by atoms with van der Waals surface area (Å²) in [6.45, 7) is 2.02. The molecule has 116 valence electrons. The van der Waals surface area contributed by atoms with Crippen LogP contribution in [0, 0.1) is 0 Å². The lowest BCUT2D eigenvalue weighted by atomic mass is 10.2. The minimum Gasteiger partial charge on any atom is -0.341 e. The van der Waals surface area contributed by atoms with Gasteiger partial charge in [0.15, 0.2) is 0 Å². The van der Waals surface area contributed by atoms with Crippen molar-refractivity contribution in [1.82, 2.24) is 25.2 Å². The highest BCUT2D eigenvalue weighted by atomic mass is 16.2. The minimum atomic E-state index is -0.205. The molecule has 0 aliphatic carbocycles. The molecule has 1 saturated heterocycles. The molecule has 1 fully saturated rings. The highest BCUT2D eigenvalue weighted by Crippen LogP contribution is 2.08. The number of aromatic nitrogens is 3. The zero-order chi connectivity index (χ0) is 15.5. The van der Waals surface area contributed by atoms with E-state index in [0.717, 1.165) is 19.5 Å². The van der Waals surface area contributed by atoms with Crippen LogP contribution in [0.1, 0.15) is 12.8 Å². The lowest BCUT2D eigenvalue weighted by Gasteiger charge is -2.23. The van der Waals surface area contributed by atoms with Gasteiger partial charge in [0.2, 0.25) is 5.91 Å². The van der Waals surface area contributed by atoms with Crippen molar-refractivity contribution in [3.05, 3.63) is 34.6 Å². The van der Waals surface area contributed by atoms with E-state index in [2.05, 4.69) is 15.6 Å². The molecule has 0 radical (unpaired) electrons. The molecule has 22 heavy (non-hydrogen) atoms. The Balaban J connectivity index is 1.70. The number of hydrogen-bond acceptors (Lipinski definition) is 5. The van der Waals surface area contributed by atoms with Crippen LogP contribution in [-0.4, -0.2) is 52.0 Å². The van der Waals surface area contributed by atoms with Crippen molar-refractivity contribution in [2.75, 3.05) is 20.1 Å². The Kier molecular flexibility index (Phi) is 4.15. The van der Waals surface area contributed by atoms with Gasteiger partial charge in [-0.25, -0.2) is 4.68 Å². The van der Waals surface area contributed by atoms with Crippen LogP contribution in [-0.2, 0) is 11.3 Å². The summed E-state index contributed by atoms with van der Waals surface area (Å²) in [5, 5.41) is 11.7. The maximum atomic E-state index is 12.3. The van der Waals surface area contributed by atoms with E-state index in [4.69, 9.17) is 0 Å². The molecule has 1 amide bonds. The summed E-state index contributed by atoms with van der Waals surface area (Å²) < 4.78 is 1.26. The van der Waals surface area contributed by atoms with E-state index in [9.17, 15) is 9.59 Å². The van der Waals surface area contributed by atoms with Crippen LogP contribution < -0.4 is 10.9 Å². The topological polar surface area (TPSA) is 80.1 Å². The zero-order valence-electron chi connectivity index (χ0n) is 12.5. The molecule has 7 heteroatoms. The summed E-state index contributed by atoms with van der Waals surface area (Å²) in [4.78, 5) is 26.3. The smallest absolute Gasteiger partial charge is 0.277 e. The van der Waals surface area contributed by atoms with Gasteiger partial charge in [-0.2, -0.15) is 0 Å². The van der Waals surface area contributed by atoms with Gasteiger partial charge in [0.1, 0.15) is 5.52 Å². The van der Waals surface area contributed by atoms with Crippen molar-refractivity contribution < 1.29 is 4.79 Å². The van der Waals surface area contributed by atoms with Crippen molar-refractivity contribution in [2.24, 2.45) is 0 Å². The number of carbonyl (C=O) groups is 1. The van der Waals surface area contributed by atoms with Crippen LogP contribution in [0.5, 0.6) is 0 Å². The van der Waals surface area contributed by atoms with Gasteiger partial charge in [-0.3, -0.25) is 9.59 Å². The Morgan fingerprint density at radius 1 is 1.45 bits per heavy atom. The number of hydrogen-bond donors (Lipinski definition) is 1. The van der Waals surface area contributed by atoms with Gasteiger partial charge in [-0.1, -0.05) is 17.3 Å². The van der Waals surface area contributed by atoms with Crippen LogP contribution in [0.2, 0.25) is 0 Å². The number of likely N-dealkylation sites (N-methyl/N-ethyl adjacent to an activating group) is 1. The van der Waals surface area contributed by atoms with E-state index in [1.165, 1.54) is 4.68 Å². The van der Waals surface area contributed by atoms with Crippen LogP contribution in [0.4, 0.5) is 0 Å². The maximum absolute atomic E-state index is 12.3. The molecule has 1 aliphatic heterocycles. The fourth-order valence-corrected chi connectivity index (χ4v) is 2.72. The highest BCUT2D eigenvalue weighted by molar-refractivity contribution is 5.77. The summed E-state index contributed by atoms with van der Waals surface area (Å²) in [5.41, 5.74) is 0.368. The summed E-state index contributed by atoms with van der Waals surface area (Å²) in [5.74, 6) is 0.0237. The van der Waals surface area contributed by atoms with Crippen LogP contribution in [0.25, 0.3) is 10.9 Å². The molecule has 0 bridgehead atoms. The molecule has 1 atom stereocenters. The lowest BCUT2D eigenvalue weighted by Crippen LogP contribution is -2.39. The number of nitrogens with one attached hydrogen (secondary N) is 1. The van der Waals surface area contributed by atoms with Gasteiger partial charge in [0.05, 0.1) is 11.9 Å². The van der Waals surface area contributed by atoms with Crippen LogP contribution in [0.15, 0.2) is 29.1 Å². The highest BCUT2D eigenvalue weighted by Gasteiger charge is 2.23. The van der Waals surface area contributed by atoms with Gasteiger partial charge < -0.3 is 10.2 Å². The number of amides is 1. The first-order valence-electron chi connectivity index (χ1n) is 7.46. The lowest BCUT2D eigenvalue weighted by molar-refractivity contribution is -0.131. The van der Waals surface area contributed by atoms with Gasteiger partial charge in [-0.05, 0) is 25.1 Å².